The van der Waals surface area contributed by atoms with Crippen LogP contribution in [0.2, 0.25) is 5.02 Å². The maximum Gasteiger partial charge on any atom is 0.0579 e. The zero-order valence-corrected chi connectivity index (χ0v) is 9.92. The van der Waals surface area contributed by atoms with Crippen molar-refractivity contribution in [3.63, 3.8) is 0 Å². The maximum atomic E-state index is 5.85. The van der Waals surface area contributed by atoms with Crippen LogP contribution in [0.4, 0.5) is 0 Å². The molecule has 0 amide bonds. The van der Waals surface area contributed by atoms with E-state index in [0.717, 1.165) is 32.9 Å². The van der Waals surface area contributed by atoms with Crippen LogP contribution in [0, 0.1) is 0 Å². The number of hydrogen-bond donors (Lipinski definition) is 0. The summed E-state index contributed by atoms with van der Waals surface area (Å²) >= 11 is 11.0. The quantitative estimate of drug-likeness (QED) is 0.708. The smallest absolute Gasteiger partial charge is 0.0579 e. The molecule has 0 unspecified atom stereocenters. The molecule has 2 rings (SSSR count). The zero-order valence-electron chi connectivity index (χ0n) is 6.76. The molecule has 0 radical (unpaired) electrons. The highest BCUT2D eigenvalue weighted by atomic mass is 79.9. The molecule has 68 valence electrons. The number of rotatable bonds is 1. The van der Waals surface area contributed by atoms with Crippen molar-refractivity contribution in [3.05, 3.63) is 33.3 Å². The van der Waals surface area contributed by atoms with Crippen LogP contribution in [0.1, 0.15) is 12.0 Å². The summed E-state index contributed by atoms with van der Waals surface area (Å²) in [5.41, 5.74) is 2.32. The second-order valence-electron chi connectivity index (χ2n) is 2.75. The van der Waals surface area contributed by atoms with Crippen LogP contribution in [0.3, 0.4) is 0 Å². The molecule has 1 aromatic rings. The predicted octanol–water partition coefficient (Wildman–Crippen LogP) is 3.94. The Balaban J connectivity index is 2.40. The molecule has 0 aliphatic carbocycles. The van der Waals surface area contributed by atoms with Crippen molar-refractivity contribution in [2.24, 2.45) is 4.40 Å². The van der Waals surface area contributed by atoms with Gasteiger partial charge in [0.1, 0.15) is 0 Å². The Morgan fingerprint density at radius 1 is 1.46 bits per heavy atom. The number of benzene rings is 1. The Hall–Kier alpha value is 0.01000. The second-order valence-corrected chi connectivity index (χ2v) is 4.89. The summed E-state index contributed by atoms with van der Waals surface area (Å²) < 4.78 is 5.39. The first-order chi connectivity index (χ1) is 6.27. The van der Waals surface area contributed by atoms with E-state index in [1.165, 1.54) is 0 Å². The molecule has 0 bridgehead atoms. The van der Waals surface area contributed by atoms with Crippen molar-refractivity contribution in [3.8, 4) is 0 Å². The van der Waals surface area contributed by atoms with E-state index in [1.807, 2.05) is 18.2 Å². The first-order valence-corrected chi connectivity index (χ1v) is 6.03. The topological polar surface area (TPSA) is 12.4 Å². The molecule has 1 heterocycles. The monoisotopic (exact) mass is 275 g/mol. The van der Waals surface area contributed by atoms with Crippen LogP contribution in [0.15, 0.2) is 27.1 Å². The normalized spacial score (nSPS) is 16.0. The van der Waals surface area contributed by atoms with Crippen LogP contribution in [0.5, 0.6) is 0 Å². The van der Waals surface area contributed by atoms with Crippen molar-refractivity contribution in [1.29, 1.82) is 0 Å². The van der Waals surface area contributed by atoms with E-state index in [-0.39, 0.29) is 0 Å². The SMILES string of the molecule is Clc1ccc(C2=NSCC2)c(Br)c1. The lowest BCUT2D eigenvalue weighted by molar-refractivity contribution is 1.34. The third kappa shape index (κ3) is 2.09. The maximum absolute atomic E-state index is 5.85. The van der Waals surface area contributed by atoms with Gasteiger partial charge in [0.25, 0.3) is 0 Å². The molecule has 0 aromatic heterocycles. The Bertz CT molecular complexity index is 365. The van der Waals surface area contributed by atoms with Crippen LogP contribution in [-0.4, -0.2) is 11.5 Å². The Morgan fingerprint density at radius 2 is 2.31 bits per heavy atom. The first-order valence-electron chi connectivity index (χ1n) is 3.91. The third-order valence-corrected chi connectivity index (χ3v) is 3.47. The molecule has 1 aromatic carbocycles. The molecule has 4 heteroatoms. The van der Waals surface area contributed by atoms with Crippen LogP contribution >= 0.6 is 39.5 Å². The number of nitrogens with zero attached hydrogens (tertiary/aromatic N) is 1. The Morgan fingerprint density at radius 3 is 2.92 bits per heavy atom. The number of hydrogen-bond acceptors (Lipinski definition) is 2. The average Bonchev–Trinajstić information content (AvgIpc) is 2.56. The molecule has 0 saturated heterocycles. The molecule has 1 aliphatic heterocycles. The summed E-state index contributed by atoms with van der Waals surface area (Å²) in [7, 11) is 0. The van der Waals surface area contributed by atoms with Crippen molar-refractivity contribution in [2.75, 3.05) is 5.75 Å². The van der Waals surface area contributed by atoms with Crippen molar-refractivity contribution >= 4 is 45.2 Å². The largest absolute Gasteiger partial charge is 0.220 e. The molecule has 1 aliphatic rings. The fraction of sp³-hybridized carbons (Fsp3) is 0.222. The minimum atomic E-state index is 0.752. The van der Waals surface area contributed by atoms with Crippen molar-refractivity contribution < 1.29 is 0 Å². The van der Waals surface area contributed by atoms with Gasteiger partial charge in [-0.1, -0.05) is 33.6 Å². The summed E-state index contributed by atoms with van der Waals surface area (Å²) in [6, 6.07) is 5.81. The van der Waals surface area contributed by atoms with Gasteiger partial charge in [-0.15, -0.1) is 0 Å². The molecule has 0 fully saturated rings. The summed E-state index contributed by atoms with van der Waals surface area (Å²) in [4.78, 5) is 0. The highest BCUT2D eigenvalue weighted by Gasteiger charge is 2.12. The zero-order chi connectivity index (χ0) is 9.26. The van der Waals surface area contributed by atoms with E-state index in [4.69, 9.17) is 11.6 Å². The third-order valence-electron chi connectivity index (χ3n) is 1.85. The van der Waals surface area contributed by atoms with Gasteiger partial charge < -0.3 is 0 Å². The van der Waals surface area contributed by atoms with Crippen molar-refractivity contribution in [1.82, 2.24) is 0 Å². The van der Waals surface area contributed by atoms with Gasteiger partial charge in [0, 0.05) is 27.2 Å². The van der Waals surface area contributed by atoms with E-state index < -0.39 is 0 Å². The van der Waals surface area contributed by atoms with E-state index in [2.05, 4.69) is 20.3 Å². The van der Waals surface area contributed by atoms with Crippen LogP contribution < -0.4 is 0 Å². The molecule has 0 spiro atoms. The molecule has 0 atom stereocenters. The highest BCUT2D eigenvalue weighted by molar-refractivity contribution is 9.10. The molecular weight excluding hydrogens is 270 g/mol. The molecule has 0 N–H and O–H groups in total. The van der Waals surface area contributed by atoms with Crippen LogP contribution in [0.25, 0.3) is 0 Å². The lowest BCUT2D eigenvalue weighted by atomic mass is 10.1. The fourth-order valence-corrected chi connectivity index (χ4v) is 2.85. The van der Waals surface area contributed by atoms with Gasteiger partial charge in [0.05, 0.1) is 5.71 Å². The Kier molecular flexibility index (Phi) is 2.96. The van der Waals surface area contributed by atoms with Gasteiger partial charge >= 0.3 is 0 Å². The summed E-state index contributed by atoms with van der Waals surface area (Å²) in [5.74, 6) is 1.09. The van der Waals surface area contributed by atoms with E-state index in [9.17, 15) is 0 Å². The molecule has 13 heavy (non-hydrogen) atoms. The lowest BCUT2D eigenvalue weighted by Gasteiger charge is -2.02. The van der Waals surface area contributed by atoms with E-state index >= 15 is 0 Å². The summed E-state index contributed by atoms with van der Waals surface area (Å²) in [5, 5.41) is 0.752. The van der Waals surface area contributed by atoms with Gasteiger partial charge in [0.2, 0.25) is 0 Å². The van der Waals surface area contributed by atoms with Gasteiger partial charge in [-0.2, -0.15) is 0 Å². The summed E-state index contributed by atoms with van der Waals surface area (Å²) in [6.07, 6.45) is 1.05. The van der Waals surface area contributed by atoms with Crippen LogP contribution in [-0.2, 0) is 0 Å². The molecular formula is C9H7BrClNS. The van der Waals surface area contributed by atoms with E-state index in [0.29, 0.717) is 0 Å². The summed E-state index contributed by atoms with van der Waals surface area (Å²) in [6.45, 7) is 0. The minimum absolute atomic E-state index is 0.752. The highest BCUT2D eigenvalue weighted by Crippen LogP contribution is 2.27. The second kappa shape index (κ2) is 4.03. The van der Waals surface area contributed by atoms with Gasteiger partial charge in [-0.05, 0) is 24.1 Å². The molecule has 0 saturated carbocycles. The fourth-order valence-electron chi connectivity index (χ4n) is 1.22. The Labute approximate surface area is 94.8 Å². The van der Waals surface area contributed by atoms with Gasteiger partial charge in [-0.25, -0.2) is 4.40 Å². The number of halogens is 2. The minimum Gasteiger partial charge on any atom is -0.220 e. The van der Waals surface area contributed by atoms with Crippen molar-refractivity contribution in [2.45, 2.75) is 6.42 Å². The average molecular weight is 277 g/mol. The predicted molar refractivity (Wildman–Crippen MR) is 62.8 cm³/mol. The first kappa shape index (κ1) is 9.56. The lowest BCUT2D eigenvalue weighted by Crippen LogP contribution is -1.97. The van der Waals surface area contributed by atoms with E-state index in [1.54, 1.807) is 11.9 Å². The van der Waals surface area contributed by atoms with Gasteiger partial charge in [0.15, 0.2) is 0 Å². The molecule has 1 nitrogen and oxygen atoms in total. The standard InChI is InChI=1S/C9H7BrClNS/c10-8-5-6(11)1-2-7(8)9-3-4-13-12-9/h1-2,5H,3-4H2. The van der Waals surface area contributed by atoms with Gasteiger partial charge in [-0.3, -0.25) is 0 Å².